The van der Waals surface area contributed by atoms with Crippen LogP contribution in [-0.2, 0) is 0 Å². The Bertz CT molecular complexity index is 3180. The van der Waals surface area contributed by atoms with Crippen LogP contribution in [0.25, 0.3) is 106 Å². The fourth-order valence-corrected chi connectivity index (χ4v) is 7.95. The van der Waals surface area contributed by atoms with Crippen LogP contribution in [-0.4, -0.2) is 24.3 Å². The third kappa shape index (κ3) is 5.81. The molecule has 0 unspecified atom stereocenters. The van der Waals surface area contributed by atoms with Gasteiger partial charge in [-0.3, -0.25) is 4.40 Å². The van der Waals surface area contributed by atoms with Gasteiger partial charge in [-0.15, -0.1) is 0 Å². The van der Waals surface area contributed by atoms with Crippen molar-refractivity contribution in [3.05, 3.63) is 200 Å². The normalized spacial score (nSPS) is 11.5. The molecule has 8 aromatic carbocycles. The second-order valence-corrected chi connectivity index (χ2v) is 14.3. The Labute approximate surface area is 329 Å². The summed E-state index contributed by atoms with van der Waals surface area (Å²) in [6, 6.07) is 69.7. The highest BCUT2D eigenvalue weighted by atomic mass is 15.1. The maximum absolute atomic E-state index is 5.31. The Balaban J connectivity index is 1.06. The quantitative estimate of drug-likeness (QED) is 0.171. The van der Waals surface area contributed by atoms with Gasteiger partial charge in [-0.1, -0.05) is 182 Å². The van der Waals surface area contributed by atoms with Crippen molar-refractivity contribution in [1.29, 1.82) is 0 Å². The van der Waals surface area contributed by atoms with E-state index in [1.165, 1.54) is 16.2 Å². The van der Waals surface area contributed by atoms with Crippen LogP contribution in [0.1, 0.15) is 0 Å². The Morgan fingerprint density at radius 2 is 0.789 bits per heavy atom. The molecule has 0 bridgehead atoms. The lowest BCUT2D eigenvalue weighted by Gasteiger charge is -2.13. The van der Waals surface area contributed by atoms with Crippen molar-refractivity contribution < 1.29 is 0 Å². The molecule has 11 aromatic rings. The molecular formula is C52H33N5. The predicted octanol–water partition coefficient (Wildman–Crippen LogP) is 13.0. The maximum Gasteiger partial charge on any atom is 0.163 e. The van der Waals surface area contributed by atoms with Gasteiger partial charge in [0.25, 0.3) is 0 Å². The van der Waals surface area contributed by atoms with E-state index in [2.05, 4.69) is 192 Å². The van der Waals surface area contributed by atoms with Crippen molar-refractivity contribution in [2.45, 2.75) is 0 Å². The SMILES string of the molecule is c1ccc(-c2nc(-c3ccc(-c4cc(-c5ccc6ccccc6c5)nc(-c5ccc6ccccc6c5)n4)cc3)nc3c4ccccc4c(-c4ccccc4)n23)cc1. The molecule has 5 heteroatoms. The molecule has 3 aromatic heterocycles. The third-order valence-corrected chi connectivity index (χ3v) is 10.8. The standard InChI is InChI=1S/C52H33N5/c1-3-15-37(16-4-1)48-44-21-11-12-22-45(44)52-56-49(55-51(57(48)52)39-17-5-2-6-18-39)38-27-25-36(26-28-38)46-33-47(42-29-23-34-13-7-9-19-40(34)31-42)54-50(53-46)43-30-24-35-14-8-10-20-41(35)32-43/h1-33H. The molecule has 0 spiro atoms. The van der Waals surface area contributed by atoms with Gasteiger partial charge in [0.15, 0.2) is 11.6 Å². The van der Waals surface area contributed by atoms with Crippen molar-refractivity contribution in [2.75, 3.05) is 0 Å². The highest BCUT2D eigenvalue weighted by molar-refractivity contribution is 6.06. The summed E-state index contributed by atoms with van der Waals surface area (Å²) in [5.74, 6) is 2.18. The second-order valence-electron chi connectivity index (χ2n) is 14.3. The summed E-state index contributed by atoms with van der Waals surface area (Å²) in [5.41, 5.74) is 9.70. The first-order valence-electron chi connectivity index (χ1n) is 19.1. The Morgan fingerprint density at radius 3 is 1.47 bits per heavy atom. The maximum atomic E-state index is 5.31. The van der Waals surface area contributed by atoms with Crippen molar-refractivity contribution in [2.24, 2.45) is 0 Å². The van der Waals surface area contributed by atoms with Crippen molar-refractivity contribution in [3.63, 3.8) is 0 Å². The van der Waals surface area contributed by atoms with Crippen LogP contribution in [0, 0.1) is 0 Å². The minimum atomic E-state index is 0.659. The van der Waals surface area contributed by atoms with E-state index in [0.29, 0.717) is 11.6 Å². The first-order chi connectivity index (χ1) is 28.2. The van der Waals surface area contributed by atoms with Crippen LogP contribution < -0.4 is 0 Å². The largest absolute Gasteiger partial charge is 0.277 e. The zero-order chi connectivity index (χ0) is 37.7. The number of aromatic nitrogens is 5. The highest BCUT2D eigenvalue weighted by Gasteiger charge is 2.21. The molecule has 0 N–H and O–H groups in total. The van der Waals surface area contributed by atoms with Gasteiger partial charge >= 0.3 is 0 Å². The predicted molar refractivity (Wildman–Crippen MR) is 234 cm³/mol. The summed E-state index contributed by atoms with van der Waals surface area (Å²) in [6.07, 6.45) is 0. The van der Waals surface area contributed by atoms with Gasteiger partial charge in [0.1, 0.15) is 11.5 Å². The van der Waals surface area contributed by atoms with Crippen LogP contribution >= 0.6 is 0 Å². The second kappa shape index (κ2) is 13.5. The average molecular weight is 728 g/mol. The minimum absolute atomic E-state index is 0.659. The molecule has 11 rings (SSSR count). The zero-order valence-corrected chi connectivity index (χ0v) is 30.8. The number of rotatable bonds is 6. The fourth-order valence-electron chi connectivity index (χ4n) is 7.95. The van der Waals surface area contributed by atoms with Gasteiger partial charge in [0.2, 0.25) is 0 Å². The molecule has 0 aliphatic heterocycles. The van der Waals surface area contributed by atoms with E-state index < -0.39 is 0 Å². The zero-order valence-electron chi connectivity index (χ0n) is 30.8. The molecule has 0 saturated carbocycles. The van der Waals surface area contributed by atoms with E-state index >= 15 is 0 Å². The lowest BCUT2D eigenvalue weighted by Crippen LogP contribution is -2.03. The number of benzene rings is 8. The van der Waals surface area contributed by atoms with Crippen LogP contribution in [0.4, 0.5) is 0 Å². The molecule has 0 amide bonds. The number of hydrogen-bond acceptors (Lipinski definition) is 4. The molecular weight excluding hydrogens is 695 g/mol. The third-order valence-electron chi connectivity index (χ3n) is 10.8. The lowest BCUT2D eigenvalue weighted by atomic mass is 10.0. The lowest BCUT2D eigenvalue weighted by molar-refractivity contribution is 1.05. The van der Waals surface area contributed by atoms with Gasteiger partial charge in [0, 0.05) is 38.6 Å². The van der Waals surface area contributed by atoms with Crippen molar-refractivity contribution >= 4 is 38.0 Å². The summed E-state index contributed by atoms with van der Waals surface area (Å²) < 4.78 is 2.22. The monoisotopic (exact) mass is 727 g/mol. The smallest absolute Gasteiger partial charge is 0.163 e. The van der Waals surface area contributed by atoms with Crippen LogP contribution in [0.5, 0.6) is 0 Å². The van der Waals surface area contributed by atoms with Crippen molar-refractivity contribution in [1.82, 2.24) is 24.3 Å². The van der Waals surface area contributed by atoms with Gasteiger partial charge in [-0.2, -0.15) is 0 Å². The van der Waals surface area contributed by atoms with Crippen molar-refractivity contribution in [3.8, 4) is 67.9 Å². The molecule has 0 aliphatic rings. The first-order valence-corrected chi connectivity index (χ1v) is 19.1. The Morgan fingerprint density at radius 1 is 0.298 bits per heavy atom. The topological polar surface area (TPSA) is 56.0 Å². The Kier molecular flexibility index (Phi) is 7.74. The number of hydrogen-bond donors (Lipinski definition) is 0. The summed E-state index contributed by atoms with van der Waals surface area (Å²) in [6.45, 7) is 0. The average Bonchev–Trinajstić information content (AvgIpc) is 3.63. The minimum Gasteiger partial charge on any atom is -0.277 e. The molecule has 3 heterocycles. The fraction of sp³-hybridized carbons (Fsp3) is 0. The highest BCUT2D eigenvalue weighted by Crippen LogP contribution is 2.38. The van der Waals surface area contributed by atoms with Gasteiger partial charge in [-0.05, 0) is 45.3 Å². The van der Waals surface area contributed by atoms with Gasteiger partial charge < -0.3 is 0 Å². The summed E-state index contributed by atoms with van der Waals surface area (Å²) in [5, 5.41) is 6.92. The molecule has 0 aliphatic carbocycles. The molecule has 0 atom stereocenters. The summed E-state index contributed by atoms with van der Waals surface area (Å²) in [7, 11) is 0. The molecule has 5 nitrogen and oxygen atoms in total. The van der Waals surface area contributed by atoms with Crippen LogP contribution in [0.3, 0.4) is 0 Å². The van der Waals surface area contributed by atoms with Crippen LogP contribution in [0.2, 0.25) is 0 Å². The molecule has 57 heavy (non-hydrogen) atoms. The number of nitrogens with zero attached hydrogens (tertiary/aromatic N) is 5. The molecule has 0 saturated heterocycles. The van der Waals surface area contributed by atoms with E-state index in [-0.39, 0.29) is 0 Å². The first kappa shape index (κ1) is 32.7. The number of fused-ring (bicyclic) bond motifs is 5. The van der Waals surface area contributed by atoms with Gasteiger partial charge in [-0.25, -0.2) is 19.9 Å². The Hall–Kier alpha value is -7.76. The van der Waals surface area contributed by atoms with E-state index in [1.54, 1.807) is 0 Å². The van der Waals surface area contributed by atoms with E-state index in [1.807, 2.05) is 12.1 Å². The molecule has 266 valence electrons. The molecule has 0 fully saturated rings. The van der Waals surface area contributed by atoms with E-state index in [9.17, 15) is 0 Å². The summed E-state index contributed by atoms with van der Waals surface area (Å²) >= 11 is 0. The van der Waals surface area contributed by atoms with Gasteiger partial charge in [0.05, 0.1) is 17.1 Å². The molecule has 0 radical (unpaired) electrons. The van der Waals surface area contributed by atoms with E-state index in [4.69, 9.17) is 19.9 Å². The van der Waals surface area contributed by atoms with E-state index in [0.717, 1.165) is 78.1 Å². The van der Waals surface area contributed by atoms with Crippen LogP contribution in [0.15, 0.2) is 200 Å². The summed E-state index contributed by atoms with van der Waals surface area (Å²) in [4.78, 5) is 20.9.